The SMILES string of the molecule is CCc1ccc(N)cc1S(=O)(=O)NCc1cncs1. The van der Waals surface area contributed by atoms with E-state index in [0.29, 0.717) is 12.1 Å². The van der Waals surface area contributed by atoms with E-state index in [1.165, 1.54) is 17.4 Å². The van der Waals surface area contributed by atoms with Gasteiger partial charge in [0, 0.05) is 23.3 Å². The van der Waals surface area contributed by atoms with Gasteiger partial charge in [0.1, 0.15) is 0 Å². The van der Waals surface area contributed by atoms with E-state index in [9.17, 15) is 8.42 Å². The van der Waals surface area contributed by atoms with Crippen LogP contribution in [0.2, 0.25) is 0 Å². The summed E-state index contributed by atoms with van der Waals surface area (Å²) in [5, 5.41) is 0. The summed E-state index contributed by atoms with van der Waals surface area (Å²) < 4.78 is 27.1. The molecule has 0 bridgehead atoms. The van der Waals surface area contributed by atoms with E-state index in [1.807, 2.05) is 6.92 Å². The molecule has 0 saturated heterocycles. The van der Waals surface area contributed by atoms with Crippen LogP contribution in [-0.2, 0) is 23.0 Å². The van der Waals surface area contributed by atoms with Gasteiger partial charge in [0.25, 0.3) is 0 Å². The molecule has 0 aliphatic heterocycles. The number of hydrogen-bond donors (Lipinski definition) is 2. The minimum atomic E-state index is -3.55. The summed E-state index contributed by atoms with van der Waals surface area (Å²) in [6.45, 7) is 2.15. The molecule has 1 aromatic heterocycles. The van der Waals surface area contributed by atoms with Crippen LogP contribution in [0.15, 0.2) is 34.8 Å². The minimum Gasteiger partial charge on any atom is -0.399 e. The van der Waals surface area contributed by atoms with E-state index in [-0.39, 0.29) is 11.4 Å². The molecule has 0 fully saturated rings. The molecule has 102 valence electrons. The Morgan fingerprint density at radius 3 is 2.84 bits per heavy atom. The molecular formula is C12H15N3O2S2. The third-order valence-electron chi connectivity index (χ3n) is 2.68. The van der Waals surface area contributed by atoms with Crippen molar-refractivity contribution < 1.29 is 8.42 Å². The summed E-state index contributed by atoms with van der Waals surface area (Å²) in [6, 6.07) is 4.95. The highest BCUT2D eigenvalue weighted by molar-refractivity contribution is 7.89. The fourth-order valence-electron chi connectivity index (χ4n) is 1.69. The zero-order valence-corrected chi connectivity index (χ0v) is 12.1. The van der Waals surface area contributed by atoms with Gasteiger partial charge in [0.15, 0.2) is 0 Å². The number of benzene rings is 1. The maximum absolute atomic E-state index is 12.3. The number of nitrogens with two attached hydrogens (primary N) is 1. The molecule has 0 saturated carbocycles. The smallest absolute Gasteiger partial charge is 0.241 e. The Bertz CT molecular complexity index is 652. The maximum atomic E-state index is 12.3. The molecule has 2 rings (SSSR count). The second kappa shape index (κ2) is 5.68. The zero-order valence-electron chi connectivity index (χ0n) is 10.5. The highest BCUT2D eigenvalue weighted by Crippen LogP contribution is 2.20. The van der Waals surface area contributed by atoms with Gasteiger partial charge < -0.3 is 5.73 Å². The molecule has 0 atom stereocenters. The first-order valence-corrected chi connectivity index (χ1v) is 8.14. The van der Waals surface area contributed by atoms with Crippen LogP contribution in [0.1, 0.15) is 17.4 Å². The number of rotatable bonds is 5. The number of thiazole rings is 1. The van der Waals surface area contributed by atoms with Crippen LogP contribution in [0, 0.1) is 0 Å². The first kappa shape index (κ1) is 14.0. The number of anilines is 1. The third-order valence-corrected chi connectivity index (χ3v) is 4.94. The summed E-state index contributed by atoms with van der Waals surface area (Å²) >= 11 is 1.41. The van der Waals surface area contributed by atoms with E-state index >= 15 is 0 Å². The maximum Gasteiger partial charge on any atom is 0.241 e. The molecule has 0 radical (unpaired) electrons. The predicted octanol–water partition coefficient (Wildman–Crippen LogP) is 1.77. The summed E-state index contributed by atoms with van der Waals surface area (Å²) in [7, 11) is -3.55. The van der Waals surface area contributed by atoms with Gasteiger partial charge in [-0.15, -0.1) is 11.3 Å². The van der Waals surface area contributed by atoms with Crippen molar-refractivity contribution in [3.63, 3.8) is 0 Å². The summed E-state index contributed by atoms with van der Waals surface area (Å²) in [5.41, 5.74) is 8.53. The molecule has 0 spiro atoms. The van der Waals surface area contributed by atoms with Gasteiger partial charge in [-0.05, 0) is 24.1 Å². The summed E-state index contributed by atoms with van der Waals surface area (Å²) in [5.74, 6) is 0. The molecule has 1 aromatic carbocycles. The summed E-state index contributed by atoms with van der Waals surface area (Å²) in [6.07, 6.45) is 2.28. The lowest BCUT2D eigenvalue weighted by atomic mass is 10.1. The molecule has 2 aromatic rings. The Morgan fingerprint density at radius 1 is 1.42 bits per heavy atom. The van der Waals surface area contributed by atoms with Crippen molar-refractivity contribution >= 4 is 27.0 Å². The average molecular weight is 297 g/mol. The highest BCUT2D eigenvalue weighted by atomic mass is 32.2. The standard InChI is InChI=1S/C12H15N3O2S2/c1-2-9-3-4-10(13)5-12(9)19(16,17)15-7-11-6-14-8-18-11/h3-6,8,15H,2,7,13H2,1H3. The molecule has 0 aliphatic carbocycles. The number of nitrogens with one attached hydrogen (secondary N) is 1. The Morgan fingerprint density at radius 2 is 2.21 bits per heavy atom. The molecule has 19 heavy (non-hydrogen) atoms. The van der Waals surface area contributed by atoms with Gasteiger partial charge in [-0.3, -0.25) is 4.98 Å². The summed E-state index contributed by atoms with van der Waals surface area (Å²) in [4.78, 5) is 5.02. The number of aromatic nitrogens is 1. The van der Waals surface area contributed by atoms with Gasteiger partial charge in [-0.1, -0.05) is 13.0 Å². The Kier molecular flexibility index (Phi) is 4.18. The second-order valence-electron chi connectivity index (χ2n) is 4.01. The van der Waals surface area contributed by atoms with Gasteiger partial charge >= 0.3 is 0 Å². The van der Waals surface area contributed by atoms with E-state index in [0.717, 1.165) is 10.4 Å². The number of hydrogen-bond acceptors (Lipinski definition) is 5. The molecule has 7 heteroatoms. The average Bonchev–Trinajstić information content (AvgIpc) is 2.89. The van der Waals surface area contributed by atoms with E-state index in [4.69, 9.17) is 5.73 Å². The Labute approximate surface area is 116 Å². The largest absolute Gasteiger partial charge is 0.399 e. The number of nitrogen functional groups attached to an aromatic ring is 1. The lowest BCUT2D eigenvalue weighted by Gasteiger charge is -2.10. The number of sulfonamides is 1. The highest BCUT2D eigenvalue weighted by Gasteiger charge is 2.18. The Balaban J connectivity index is 2.26. The first-order valence-electron chi connectivity index (χ1n) is 5.78. The molecule has 1 heterocycles. The van der Waals surface area contributed by atoms with Crippen LogP contribution in [0.25, 0.3) is 0 Å². The van der Waals surface area contributed by atoms with Crippen LogP contribution in [0.4, 0.5) is 5.69 Å². The van der Waals surface area contributed by atoms with Gasteiger partial charge in [-0.25, -0.2) is 13.1 Å². The molecule has 5 nitrogen and oxygen atoms in total. The van der Waals surface area contributed by atoms with E-state index in [2.05, 4.69) is 9.71 Å². The minimum absolute atomic E-state index is 0.241. The predicted molar refractivity (Wildman–Crippen MR) is 76.4 cm³/mol. The van der Waals surface area contributed by atoms with Crippen LogP contribution in [0.5, 0.6) is 0 Å². The normalized spacial score (nSPS) is 11.6. The quantitative estimate of drug-likeness (QED) is 0.824. The van der Waals surface area contributed by atoms with Crippen molar-refractivity contribution in [3.8, 4) is 0 Å². The van der Waals surface area contributed by atoms with Crippen molar-refractivity contribution in [1.29, 1.82) is 0 Å². The molecule has 0 amide bonds. The molecule has 3 N–H and O–H groups in total. The van der Waals surface area contributed by atoms with Crippen molar-refractivity contribution in [3.05, 3.63) is 40.3 Å². The monoisotopic (exact) mass is 297 g/mol. The molecular weight excluding hydrogens is 282 g/mol. The fourth-order valence-corrected chi connectivity index (χ4v) is 3.66. The van der Waals surface area contributed by atoms with Crippen molar-refractivity contribution in [1.82, 2.24) is 9.71 Å². The topological polar surface area (TPSA) is 85.1 Å². The van der Waals surface area contributed by atoms with Crippen LogP contribution < -0.4 is 10.5 Å². The lowest BCUT2D eigenvalue weighted by Crippen LogP contribution is -2.24. The van der Waals surface area contributed by atoms with Crippen LogP contribution in [-0.4, -0.2) is 13.4 Å². The van der Waals surface area contributed by atoms with Gasteiger partial charge in [0.2, 0.25) is 10.0 Å². The van der Waals surface area contributed by atoms with E-state index < -0.39 is 10.0 Å². The zero-order chi connectivity index (χ0) is 13.9. The molecule has 0 aliphatic rings. The number of aryl methyl sites for hydroxylation is 1. The van der Waals surface area contributed by atoms with Gasteiger partial charge in [-0.2, -0.15) is 0 Å². The second-order valence-corrected chi connectivity index (χ2v) is 6.72. The number of nitrogens with zero attached hydrogens (tertiary/aromatic N) is 1. The van der Waals surface area contributed by atoms with Crippen LogP contribution in [0.3, 0.4) is 0 Å². The lowest BCUT2D eigenvalue weighted by molar-refractivity contribution is 0.580. The van der Waals surface area contributed by atoms with Crippen molar-refractivity contribution in [2.75, 3.05) is 5.73 Å². The Hall–Kier alpha value is -1.44. The first-order chi connectivity index (χ1) is 9.03. The molecule has 0 unspecified atom stereocenters. The van der Waals surface area contributed by atoms with Crippen molar-refractivity contribution in [2.24, 2.45) is 0 Å². The third kappa shape index (κ3) is 3.31. The van der Waals surface area contributed by atoms with Crippen molar-refractivity contribution in [2.45, 2.75) is 24.8 Å². The van der Waals surface area contributed by atoms with E-state index in [1.54, 1.807) is 23.8 Å². The fraction of sp³-hybridized carbons (Fsp3) is 0.250. The van der Waals surface area contributed by atoms with Gasteiger partial charge in [0.05, 0.1) is 10.4 Å². The van der Waals surface area contributed by atoms with Crippen LogP contribution >= 0.6 is 11.3 Å².